The molecule has 0 fully saturated rings. The van der Waals surface area contributed by atoms with Gasteiger partial charge in [0, 0.05) is 24.7 Å². The molecule has 1 aromatic heterocycles. The van der Waals surface area contributed by atoms with Gasteiger partial charge in [0.1, 0.15) is 5.60 Å². The smallest absolute Gasteiger partial charge is 0.102 e. The van der Waals surface area contributed by atoms with E-state index < -0.39 is 5.60 Å². The molecule has 0 aliphatic carbocycles. The van der Waals surface area contributed by atoms with Gasteiger partial charge in [-0.3, -0.25) is 4.98 Å². The summed E-state index contributed by atoms with van der Waals surface area (Å²) < 4.78 is 5.50. The van der Waals surface area contributed by atoms with Crippen molar-refractivity contribution in [2.45, 2.75) is 19.4 Å². The van der Waals surface area contributed by atoms with Crippen LogP contribution in [0.1, 0.15) is 18.2 Å². The molecule has 0 saturated carbocycles. The highest BCUT2D eigenvalue weighted by atomic mass is 16.5. The van der Waals surface area contributed by atoms with Gasteiger partial charge >= 0.3 is 0 Å². The number of hydrogen-bond donors (Lipinski definition) is 1. The van der Waals surface area contributed by atoms with E-state index in [0.717, 1.165) is 22.2 Å². The third-order valence-corrected chi connectivity index (χ3v) is 3.28. The third kappa shape index (κ3) is 2.16. The molecule has 17 heavy (non-hydrogen) atoms. The van der Waals surface area contributed by atoms with Gasteiger partial charge < -0.3 is 10.5 Å². The molecule has 0 radical (unpaired) electrons. The summed E-state index contributed by atoms with van der Waals surface area (Å²) in [5.41, 5.74) is 8.46. The van der Waals surface area contributed by atoms with E-state index in [1.807, 2.05) is 32.0 Å². The number of methoxy groups -OCH3 is 1. The molecule has 0 spiro atoms. The fourth-order valence-corrected chi connectivity index (χ4v) is 1.88. The number of ether oxygens (including phenoxy) is 1. The van der Waals surface area contributed by atoms with E-state index in [1.165, 1.54) is 0 Å². The molecule has 0 bridgehead atoms. The van der Waals surface area contributed by atoms with E-state index in [-0.39, 0.29) is 0 Å². The van der Waals surface area contributed by atoms with Crippen LogP contribution >= 0.6 is 0 Å². The third-order valence-electron chi connectivity index (χ3n) is 3.28. The lowest BCUT2D eigenvalue weighted by Crippen LogP contribution is -2.33. The molecule has 0 amide bonds. The monoisotopic (exact) mass is 230 g/mol. The number of pyridine rings is 1. The highest BCUT2D eigenvalue weighted by Crippen LogP contribution is 2.26. The summed E-state index contributed by atoms with van der Waals surface area (Å²) in [6.07, 6.45) is 0. The van der Waals surface area contributed by atoms with Crippen molar-refractivity contribution in [1.29, 1.82) is 0 Å². The lowest BCUT2D eigenvalue weighted by atomic mass is 9.94. The van der Waals surface area contributed by atoms with E-state index in [9.17, 15) is 0 Å². The normalized spacial score (nSPS) is 14.8. The number of hydrogen-bond acceptors (Lipinski definition) is 3. The average Bonchev–Trinajstić information content (AvgIpc) is 2.37. The summed E-state index contributed by atoms with van der Waals surface area (Å²) >= 11 is 0. The van der Waals surface area contributed by atoms with Crippen LogP contribution < -0.4 is 5.73 Å². The Bertz CT molecular complexity index is 533. The van der Waals surface area contributed by atoms with Gasteiger partial charge in [-0.2, -0.15) is 0 Å². The lowest BCUT2D eigenvalue weighted by Gasteiger charge is -2.27. The second-order valence-corrected chi connectivity index (χ2v) is 4.50. The standard InChI is InChI=1S/C14H18N2O/c1-10-4-5-11-8-12(6-7-13(11)16-10)14(2,9-15)17-3/h4-8H,9,15H2,1-3H3. The number of aromatic nitrogens is 1. The van der Waals surface area contributed by atoms with Crippen molar-refractivity contribution in [2.75, 3.05) is 13.7 Å². The second kappa shape index (κ2) is 4.43. The van der Waals surface area contributed by atoms with Crippen LogP contribution in [-0.2, 0) is 10.3 Å². The minimum atomic E-state index is -0.431. The average molecular weight is 230 g/mol. The molecule has 90 valence electrons. The molecule has 2 N–H and O–H groups in total. The van der Waals surface area contributed by atoms with Gasteiger partial charge in [-0.1, -0.05) is 12.1 Å². The van der Waals surface area contributed by atoms with Crippen molar-refractivity contribution in [3.63, 3.8) is 0 Å². The van der Waals surface area contributed by atoms with E-state index in [1.54, 1.807) is 7.11 Å². The van der Waals surface area contributed by atoms with Gasteiger partial charge in [-0.15, -0.1) is 0 Å². The van der Waals surface area contributed by atoms with E-state index in [4.69, 9.17) is 10.5 Å². The highest BCUT2D eigenvalue weighted by molar-refractivity contribution is 5.79. The molecule has 2 rings (SSSR count). The van der Waals surface area contributed by atoms with Gasteiger partial charge in [0.2, 0.25) is 0 Å². The predicted molar refractivity (Wildman–Crippen MR) is 69.9 cm³/mol. The van der Waals surface area contributed by atoms with E-state index in [0.29, 0.717) is 6.54 Å². The zero-order valence-electron chi connectivity index (χ0n) is 10.5. The highest BCUT2D eigenvalue weighted by Gasteiger charge is 2.24. The Hall–Kier alpha value is -1.45. The van der Waals surface area contributed by atoms with Crippen LogP contribution in [0.4, 0.5) is 0 Å². The Morgan fingerprint density at radius 1 is 1.29 bits per heavy atom. The van der Waals surface area contributed by atoms with E-state index in [2.05, 4.69) is 17.1 Å². The lowest BCUT2D eigenvalue weighted by molar-refractivity contribution is 0.0102. The maximum Gasteiger partial charge on any atom is 0.102 e. The Kier molecular flexibility index (Phi) is 3.13. The van der Waals surface area contributed by atoms with Gasteiger partial charge in [0.25, 0.3) is 0 Å². The molecule has 3 heteroatoms. The Morgan fingerprint density at radius 2 is 2.06 bits per heavy atom. The van der Waals surface area contributed by atoms with Crippen molar-refractivity contribution in [2.24, 2.45) is 5.73 Å². The maximum absolute atomic E-state index is 5.78. The minimum Gasteiger partial charge on any atom is -0.372 e. The van der Waals surface area contributed by atoms with Gasteiger partial charge in [0.15, 0.2) is 0 Å². The molecule has 2 aromatic rings. The SMILES string of the molecule is COC(C)(CN)c1ccc2nc(C)ccc2c1. The zero-order chi connectivity index (χ0) is 12.5. The summed E-state index contributed by atoms with van der Waals surface area (Å²) in [5, 5.41) is 1.12. The number of fused-ring (bicyclic) bond motifs is 1. The van der Waals surface area contributed by atoms with Crippen LogP contribution in [0.5, 0.6) is 0 Å². The minimum absolute atomic E-state index is 0.431. The molecule has 0 aliphatic rings. The van der Waals surface area contributed by atoms with Crippen LogP contribution in [0.25, 0.3) is 10.9 Å². The first kappa shape index (κ1) is 12.0. The largest absolute Gasteiger partial charge is 0.372 e. The van der Waals surface area contributed by atoms with E-state index >= 15 is 0 Å². The van der Waals surface area contributed by atoms with Crippen LogP contribution in [0.3, 0.4) is 0 Å². The molecular weight excluding hydrogens is 212 g/mol. The fraction of sp³-hybridized carbons (Fsp3) is 0.357. The molecule has 1 aromatic carbocycles. The van der Waals surface area contributed by atoms with Gasteiger partial charge in [0.05, 0.1) is 5.52 Å². The Balaban J connectivity index is 2.55. The van der Waals surface area contributed by atoms with Crippen LogP contribution in [0.2, 0.25) is 0 Å². The zero-order valence-corrected chi connectivity index (χ0v) is 10.5. The second-order valence-electron chi connectivity index (χ2n) is 4.50. The predicted octanol–water partition coefficient (Wildman–Crippen LogP) is 2.36. The van der Waals surface area contributed by atoms with Crippen molar-refractivity contribution < 1.29 is 4.74 Å². The molecule has 1 atom stereocenters. The first-order valence-electron chi connectivity index (χ1n) is 5.72. The molecule has 1 heterocycles. The molecule has 0 saturated heterocycles. The van der Waals surface area contributed by atoms with Crippen LogP contribution in [0.15, 0.2) is 30.3 Å². The molecule has 3 nitrogen and oxygen atoms in total. The van der Waals surface area contributed by atoms with Gasteiger partial charge in [-0.05, 0) is 37.6 Å². The first-order chi connectivity index (χ1) is 8.09. The molecular formula is C14H18N2O. The van der Waals surface area contributed by atoms with Gasteiger partial charge in [-0.25, -0.2) is 0 Å². The number of nitrogens with zero attached hydrogens (tertiary/aromatic N) is 1. The summed E-state index contributed by atoms with van der Waals surface area (Å²) in [4.78, 5) is 4.48. The van der Waals surface area contributed by atoms with Crippen molar-refractivity contribution in [3.05, 3.63) is 41.6 Å². The number of rotatable bonds is 3. The summed E-state index contributed by atoms with van der Waals surface area (Å²) in [7, 11) is 1.68. The van der Waals surface area contributed by atoms with Crippen molar-refractivity contribution in [1.82, 2.24) is 4.98 Å². The number of nitrogens with two attached hydrogens (primary N) is 1. The van der Waals surface area contributed by atoms with Crippen molar-refractivity contribution >= 4 is 10.9 Å². The Morgan fingerprint density at radius 3 is 2.71 bits per heavy atom. The number of aryl methyl sites for hydroxylation is 1. The summed E-state index contributed by atoms with van der Waals surface area (Å²) in [6, 6.07) is 10.2. The summed E-state index contributed by atoms with van der Waals surface area (Å²) in [5.74, 6) is 0. The number of benzene rings is 1. The quantitative estimate of drug-likeness (QED) is 0.880. The summed E-state index contributed by atoms with van der Waals surface area (Å²) in [6.45, 7) is 4.44. The Labute approximate surface area is 102 Å². The van der Waals surface area contributed by atoms with Crippen molar-refractivity contribution in [3.8, 4) is 0 Å². The molecule has 1 unspecified atom stereocenters. The fourth-order valence-electron chi connectivity index (χ4n) is 1.88. The first-order valence-corrected chi connectivity index (χ1v) is 5.72. The van der Waals surface area contributed by atoms with Crippen LogP contribution in [-0.4, -0.2) is 18.6 Å². The topological polar surface area (TPSA) is 48.1 Å². The molecule has 0 aliphatic heterocycles. The van der Waals surface area contributed by atoms with Crippen LogP contribution in [0, 0.1) is 6.92 Å². The maximum atomic E-state index is 5.78.